The zero-order valence-corrected chi connectivity index (χ0v) is 18.3. The van der Waals surface area contributed by atoms with Crippen LogP contribution >= 0.6 is 0 Å². The van der Waals surface area contributed by atoms with Crippen molar-refractivity contribution in [2.24, 2.45) is 0 Å². The van der Waals surface area contributed by atoms with Gasteiger partial charge in [0.05, 0.1) is 6.04 Å². The van der Waals surface area contributed by atoms with Crippen LogP contribution in [-0.2, 0) is 13.0 Å². The van der Waals surface area contributed by atoms with Gasteiger partial charge in [0.2, 0.25) is 0 Å². The van der Waals surface area contributed by atoms with Crippen molar-refractivity contribution in [1.82, 2.24) is 15.5 Å². The second kappa shape index (κ2) is 8.87. The van der Waals surface area contributed by atoms with Gasteiger partial charge in [0.15, 0.2) is 0 Å². The van der Waals surface area contributed by atoms with Crippen molar-refractivity contribution in [3.8, 4) is 0 Å². The second-order valence-electron chi connectivity index (χ2n) is 9.08. The lowest BCUT2D eigenvalue weighted by molar-refractivity contribution is 0.173. The van der Waals surface area contributed by atoms with Crippen LogP contribution in [0.15, 0.2) is 48.5 Å². The maximum absolute atomic E-state index is 12.4. The Labute approximate surface area is 175 Å². The smallest absolute Gasteiger partial charge is 0.315 e. The molecule has 3 rings (SSSR count). The lowest BCUT2D eigenvalue weighted by Gasteiger charge is -2.36. The molecular weight excluding hydrogens is 360 g/mol. The molecule has 2 N–H and O–H groups in total. The monoisotopic (exact) mass is 394 g/mol. The summed E-state index contributed by atoms with van der Waals surface area (Å²) >= 11 is 0. The number of rotatable bonds is 5. The first-order valence-corrected chi connectivity index (χ1v) is 10.4. The van der Waals surface area contributed by atoms with E-state index >= 15 is 0 Å². The zero-order chi connectivity index (χ0) is 21.0. The first-order valence-electron chi connectivity index (χ1n) is 10.4. The van der Waals surface area contributed by atoms with Crippen LogP contribution < -0.4 is 15.5 Å². The molecule has 0 fully saturated rings. The lowest BCUT2D eigenvalue weighted by Crippen LogP contribution is -2.49. The molecule has 0 unspecified atom stereocenters. The molecule has 0 bridgehead atoms. The van der Waals surface area contributed by atoms with Crippen LogP contribution in [0.2, 0.25) is 0 Å². The van der Waals surface area contributed by atoms with Crippen LogP contribution in [0.5, 0.6) is 0 Å². The van der Waals surface area contributed by atoms with Crippen molar-refractivity contribution in [2.75, 3.05) is 32.1 Å². The molecule has 1 atom stereocenters. The quantitative estimate of drug-likeness (QED) is 0.807. The SMILES string of the molecule is CN(C)c1ccc([C@H](CNC(=O)NC(C)(C)C)N2CCc3ccccc3C2)cc1. The fourth-order valence-corrected chi connectivity index (χ4v) is 3.81. The number of nitrogens with one attached hydrogen (secondary N) is 2. The van der Waals surface area contributed by atoms with Crippen LogP contribution in [0.1, 0.15) is 43.5 Å². The Morgan fingerprint density at radius 1 is 1.07 bits per heavy atom. The highest BCUT2D eigenvalue weighted by atomic mass is 16.2. The normalized spacial score (nSPS) is 15.3. The van der Waals surface area contributed by atoms with Crippen LogP contribution in [0.4, 0.5) is 10.5 Å². The molecule has 1 aliphatic heterocycles. The summed E-state index contributed by atoms with van der Waals surface area (Å²) in [6, 6.07) is 17.3. The summed E-state index contributed by atoms with van der Waals surface area (Å²) < 4.78 is 0. The van der Waals surface area contributed by atoms with E-state index in [2.05, 4.69) is 69.0 Å². The summed E-state index contributed by atoms with van der Waals surface area (Å²) in [4.78, 5) is 17.0. The summed E-state index contributed by atoms with van der Waals surface area (Å²) in [5.41, 5.74) is 4.97. The van der Waals surface area contributed by atoms with Crippen LogP contribution in [-0.4, -0.2) is 43.7 Å². The molecule has 1 aliphatic rings. The Bertz CT molecular complexity index is 824. The summed E-state index contributed by atoms with van der Waals surface area (Å²) in [5.74, 6) is 0. The number of nitrogens with zero attached hydrogens (tertiary/aromatic N) is 2. The van der Waals surface area contributed by atoms with Gasteiger partial charge >= 0.3 is 6.03 Å². The van der Waals surface area contributed by atoms with Crippen LogP contribution in [0.25, 0.3) is 0 Å². The van der Waals surface area contributed by atoms with Gasteiger partial charge in [-0.15, -0.1) is 0 Å². The molecule has 0 aromatic heterocycles. The van der Waals surface area contributed by atoms with E-state index in [1.165, 1.54) is 22.4 Å². The second-order valence-corrected chi connectivity index (χ2v) is 9.08. The summed E-state index contributed by atoms with van der Waals surface area (Å²) in [7, 11) is 4.10. The molecule has 29 heavy (non-hydrogen) atoms. The van der Waals surface area contributed by atoms with Crippen molar-refractivity contribution in [3.63, 3.8) is 0 Å². The molecule has 1 heterocycles. The molecule has 5 heteroatoms. The topological polar surface area (TPSA) is 47.6 Å². The highest BCUT2D eigenvalue weighted by Gasteiger charge is 2.25. The minimum atomic E-state index is -0.253. The van der Waals surface area contributed by atoms with E-state index < -0.39 is 0 Å². The minimum absolute atomic E-state index is 0.121. The molecule has 0 radical (unpaired) electrons. The number of anilines is 1. The summed E-state index contributed by atoms with van der Waals surface area (Å²) in [6.07, 6.45) is 1.04. The number of fused-ring (bicyclic) bond motifs is 1. The highest BCUT2D eigenvalue weighted by molar-refractivity contribution is 5.74. The Morgan fingerprint density at radius 3 is 2.34 bits per heavy atom. The number of amides is 2. The van der Waals surface area contributed by atoms with Gasteiger partial charge in [-0.2, -0.15) is 0 Å². The van der Waals surface area contributed by atoms with E-state index in [1.54, 1.807) is 0 Å². The Kier molecular flexibility index (Phi) is 6.48. The molecule has 0 saturated carbocycles. The molecule has 2 aromatic carbocycles. The Balaban J connectivity index is 1.79. The molecule has 2 aromatic rings. The number of carbonyl (C=O) groups is 1. The van der Waals surface area contributed by atoms with Crippen LogP contribution in [0.3, 0.4) is 0 Å². The predicted octanol–water partition coefficient (Wildman–Crippen LogP) is 3.95. The summed E-state index contributed by atoms with van der Waals surface area (Å²) in [5, 5.41) is 6.09. The Morgan fingerprint density at radius 2 is 1.72 bits per heavy atom. The van der Waals surface area contributed by atoms with Crippen LogP contribution in [0, 0.1) is 0 Å². The number of benzene rings is 2. The maximum Gasteiger partial charge on any atom is 0.315 e. The van der Waals surface area contributed by atoms with Gasteiger partial charge in [-0.1, -0.05) is 36.4 Å². The average Bonchev–Trinajstić information content (AvgIpc) is 2.67. The van der Waals surface area contributed by atoms with Crippen molar-refractivity contribution in [2.45, 2.75) is 45.3 Å². The third-order valence-electron chi connectivity index (χ3n) is 5.34. The molecule has 156 valence electrons. The maximum atomic E-state index is 12.4. The van der Waals surface area contributed by atoms with Gasteiger partial charge in [-0.3, -0.25) is 4.90 Å². The van der Waals surface area contributed by atoms with E-state index in [9.17, 15) is 4.79 Å². The van der Waals surface area contributed by atoms with Gasteiger partial charge in [-0.05, 0) is 56.0 Å². The average molecular weight is 395 g/mol. The van der Waals surface area contributed by atoms with E-state index in [-0.39, 0.29) is 17.6 Å². The van der Waals surface area contributed by atoms with E-state index in [0.717, 1.165) is 19.5 Å². The largest absolute Gasteiger partial charge is 0.378 e. The number of hydrogen-bond acceptors (Lipinski definition) is 3. The molecule has 0 aliphatic carbocycles. The van der Waals surface area contributed by atoms with Gasteiger partial charge < -0.3 is 15.5 Å². The molecule has 0 spiro atoms. The predicted molar refractivity (Wildman–Crippen MR) is 120 cm³/mol. The zero-order valence-electron chi connectivity index (χ0n) is 18.3. The van der Waals surface area contributed by atoms with Gasteiger partial charge in [0, 0.05) is 45.0 Å². The highest BCUT2D eigenvalue weighted by Crippen LogP contribution is 2.28. The van der Waals surface area contributed by atoms with Gasteiger partial charge in [0.1, 0.15) is 0 Å². The van der Waals surface area contributed by atoms with Gasteiger partial charge in [0.25, 0.3) is 0 Å². The number of urea groups is 1. The van der Waals surface area contributed by atoms with Crippen molar-refractivity contribution in [3.05, 3.63) is 65.2 Å². The minimum Gasteiger partial charge on any atom is -0.378 e. The molecule has 5 nitrogen and oxygen atoms in total. The third-order valence-corrected chi connectivity index (χ3v) is 5.34. The molecular formula is C24H34N4O. The van der Waals surface area contributed by atoms with Crippen molar-refractivity contribution in [1.29, 1.82) is 0 Å². The number of carbonyl (C=O) groups excluding carboxylic acids is 1. The first kappa shape index (κ1) is 21.2. The third kappa shape index (κ3) is 5.73. The summed E-state index contributed by atoms with van der Waals surface area (Å²) in [6.45, 7) is 8.44. The number of hydrogen-bond donors (Lipinski definition) is 2. The fraction of sp³-hybridized carbons (Fsp3) is 0.458. The molecule has 2 amide bonds. The first-order chi connectivity index (χ1) is 13.7. The van der Waals surface area contributed by atoms with E-state index in [4.69, 9.17) is 0 Å². The Hall–Kier alpha value is -2.53. The van der Waals surface area contributed by atoms with E-state index in [0.29, 0.717) is 6.54 Å². The standard InChI is InChI=1S/C24H34N4O/c1-24(2,3)26-23(29)25-16-22(19-10-12-21(13-11-19)27(4)5)28-15-14-18-8-6-7-9-20(18)17-28/h6-13,22H,14-17H2,1-5H3,(H2,25,26,29)/t22-/m0/s1. The molecule has 0 saturated heterocycles. The van der Waals surface area contributed by atoms with Crippen molar-refractivity contribution < 1.29 is 4.79 Å². The fourth-order valence-electron chi connectivity index (χ4n) is 3.81. The van der Waals surface area contributed by atoms with E-state index in [1.807, 2.05) is 34.9 Å². The van der Waals surface area contributed by atoms with Crippen molar-refractivity contribution >= 4 is 11.7 Å². The lowest BCUT2D eigenvalue weighted by atomic mass is 9.96. The van der Waals surface area contributed by atoms with Gasteiger partial charge in [-0.25, -0.2) is 4.79 Å².